The maximum absolute atomic E-state index is 13.4. The molecule has 1 saturated carbocycles. The average molecular weight is 482 g/mol. The second kappa shape index (κ2) is 9.14. The number of nitrogens with zero attached hydrogens (tertiary/aromatic N) is 2. The lowest BCUT2D eigenvalue weighted by molar-refractivity contribution is -0.122. The molecule has 2 aliphatic rings. The number of benzene rings is 1. The molecule has 0 bridgehead atoms. The molecule has 2 atom stereocenters. The highest BCUT2D eigenvalue weighted by atomic mass is 79.9. The Bertz CT molecular complexity index is 1060. The molecule has 0 spiro atoms. The van der Waals surface area contributed by atoms with Gasteiger partial charge in [-0.15, -0.1) is 0 Å². The Kier molecular flexibility index (Phi) is 6.32. The number of halogens is 1. The van der Waals surface area contributed by atoms with Gasteiger partial charge in [0.15, 0.2) is 0 Å². The number of ketones is 1. The first-order chi connectivity index (χ1) is 15.0. The standard InChI is InChI=1S/C24H24BrN3O3/c1-3-31-17-10-7-15(8-11-17)22-21(24(30)28-20-12-9-16(25)13-26-20)14(2)27-18-5-4-6-19(29)23(18)22/h7-13,22-23H,3-6H2,1-2H3,(H,26,28,30)/t22-,23?/m1/s1. The van der Waals surface area contributed by atoms with Crippen molar-refractivity contribution in [3.8, 4) is 5.75 Å². The zero-order valence-corrected chi connectivity index (χ0v) is 19.1. The van der Waals surface area contributed by atoms with Crippen LogP contribution in [-0.4, -0.2) is 29.0 Å². The number of fused-ring (bicyclic) bond motifs is 1. The third kappa shape index (κ3) is 4.46. The fourth-order valence-corrected chi connectivity index (χ4v) is 4.58. The molecule has 1 aliphatic carbocycles. The SMILES string of the molecule is CCOc1ccc([C@@H]2C(C(=O)Nc3ccc(Br)cn3)=C(C)N=C3CCCC(=O)C32)cc1. The second-order valence-electron chi connectivity index (χ2n) is 7.70. The lowest BCUT2D eigenvalue weighted by atomic mass is 9.69. The minimum Gasteiger partial charge on any atom is -0.494 e. The van der Waals surface area contributed by atoms with E-state index in [0.29, 0.717) is 30.1 Å². The summed E-state index contributed by atoms with van der Waals surface area (Å²) >= 11 is 3.35. The number of allylic oxidation sites excluding steroid dienone is 1. The van der Waals surface area contributed by atoms with E-state index in [0.717, 1.165) is 34.3 Å². The Labute approximate surface area is 190 Å². The van der Waals surface area contributed by atoms with Crippen LogP contribution in [0.1, 0.15) is 44.6 Å². The van der Waals surface area contributed by atoms with Crippen molar-refractivity contribution in [1.29, 1.82) is 0 Å². The first-order valence-electron chi connectivity index (χ1n) is 10.4. The van der Waals surface area contributed by atoms with Crippen LogP contribution in [0.3, 0.4) is 0 Å². The Hall–Kier alpha value is -2.80. The highest BCUT2D eigenvalue weighted by Crippen LogP contribution is 2.43. The zero-order chi connectivity index (χ0) is 22.0. The van der Waals surface area contributed by atoms with Gasteiger partial charge in [0.1, 0.15) is 17.4 Å². The molecule has 6 nitrogen and oxygen atoms in total. The number of ether oxygens (including phenoxy) is 1. The quantitative estimate of drug-likeness (QED) is 0.646. The summed E-state index contributed by atoms with van der Waals surface area (Å²) < 4.78 is 6.39. The Morgan fingerprint density at radius 1 is 1.16 bits per heavy atom. The van der Waals surface area contributed by atoms with Crippen LogP contribution < -0.4 is 10.1 Å². The van der Waals surface area contributed by atoms with Gasteiger partial charge in [0.05, 0.1) is 12.5 Å². The van der Waals surface area contributed by atoms with E-state index in [-0.39, 0.29) is 17.6 Å². The highest BCUT2D eigenvalue weighted by molar-refractivity contribution is 9.10. The van der Waals surface area contributed by atoms with Gasteiger partial charge < -0.3 is 10.1 Å². The van der Waals surface area contributed by atoms with E-state index in [2.05, 4.69) is 26.2 Å². The molecule has 1 aromatic heterocycles. The zero-order valence-electron chi connectivity index (χ0n) is 17.5. The molecule has 160 valence electrons. The molecule has 1 aromatic carbocycles. The summed E-state index contributed by atoms with van der Waals surface area (Å²) in [6.45, 7) is 4.35. The van der Waals surface area contributed by atoms with E-state index in [9.17, 15) is 9.59 Å². The van der Waals surface area contributed by atoms with Gasteiger partial charge in [-0.2, -0.15) is 0 Å². The van der Waals surface area contributed by atoms with Crippen molar-refractivity contribution in [3.63, 3.8) is 0 Å². The number of nitrogens with one attached hydrogen (secondary N) is 1. The fourth-order valence-electron chi connectivity index (χ4n) is 4.35. The predicted molar refractivity (Wildman–Crippen MR) is 123 cm³/mol. The normalized spacial score (nSPS) is 20.7. The van der Waals surface area contributed by atoms with Crippen molar-refractivity contribution in [2.45, 2.75) is 39.0 Å². The molecule has 4 rings (SSSR count). The first kappa shape index (κ1) is 21.4. The minimum atomic E-state index is -0.408. The van der Waals surface area contributed by atoms with Crippen molar-refractivity contribution in [2.24, 2.45) is 10.9 Å². The number of carbonyl (C=O) groups is 2. The van der Waals surface area contributed by atoms with Gasteiger partial charge in [-0.3, -0.25) is 14.6 Å². The molecule has 31 heavy (non-hydrogen) atoms. The number of aliphatic imine (C=N–C) groups is 1. The van der Waals surface area contributed by atoms with Gasteiger partial charge in [-0.05, 0) is 72.4 Å². The van der Waals surface area contributed by atoms with Crippen LogP contribution in [-0.2, 0) is 9.59 Å². The molecule has 1 N–H and O–H groups in total. The van der Waals surface area contributed by atoms with Crippen LogP contribution in [0.15, 0.2) is 63.3 Å². The Balaban J connectivity index is 1.74. The maximum atomic E-state index is 13.4. The molecule has 2 heterocycles. The van der Waals surface area contributed by atoms with E-state index in [1.807, 2.05) is 44.2 Å². The minimum absolute atomic E-state index is 0.142. The number of hydrogen-bond acceptors (Lipinski definition) is 5. The van der Waals surface area contributed by atoms with E-state index in [4.69, 9.17) is 9.73 Å². The summed E-state index contributed by atoms with van der Waals surface area (Å²) in [6, 6.07) is 11.2. The number of aromatic nitrogens is 1. The van der Waals surface area contributed by atoms with Crippen molar-refractivity contribution in [3.05, 3.63) is 63.9 Å². The van der Waals surface area contributed by atoms with Crippen LogP contribution in [0.4, 0.5) is 5.82 Å². The smallest absolute Gasteiger partial charge is 0.255 e. The third-order valence-corrected chi connectivity index (χ3v) is 6.14. The molecule has 2 aromatic rings. The van der Waals surface area contributed by atoms with Crippen LogP contribution in [0.5, 0.6) is 5.75 Å². The predicted octanol–water partition coefficient (Wildman–Crippen LogP) is 5.06. The maximum Gasteiger partial charge on any atom is 0.255 e. The second-order valence-corrected chi connectivity index (χ2v) is 8.61. The summed E-state index contributed by atoms with van der Waals surface area (Å²) in [6.07, 6.45) is 3.73. The highest BCUT2D eigenvalue weighted by Gasteiger charge is 2.43. The van der Waals surface area contributed by atoms with Gasteiger partial charge in [0, 0.05) is 40.0 Å². The van der Waals surface area contributed by atoms with Crippen LogP contribution in [0.2, 0.25) is 0 Å². The molecular formula is C24H24BrN3O3. The van der Waals surface area contributed by atoms with E-state index < -0.39 is 5.92 Å². The molecule has 1 unspecified atom stereocenters. The van der Waals surface area contributed by atoms with Crippen LogP contribution >= 0.6 is 15.9 Å². The number of hydrogen-bond donors (Lipinski definition) is 1. The van der Waals surface area contributed by atoms with Crippen molar-refractivity contribution >= 4 is 39.1 Å². The van der Waals surface area contributed by atoms with Crippen molar-refractivity contribution in [2.75, 3.05) is 11.9 Å². The lowest BCUT2D eigenvalue weighted by Gasteiger charge is -2.36. The number of amides is 1. The van der Waals surface area contributed by atoms with E-state index >= 15 is 0 Å². The number of rotatable bonds is 5. The van der Waals surface area contributed by atoms with Crippen LogP contribution in [0, 0.1) is 5.92 Å². The topological polar surface area (TPSA) is 80.7 Å². The summed E-state index contributed by atoms with van der Waals surface area (Å²) in [5, 5.41) is 2.88. The lowest BCUT2D eigenvalue weighted by Crippen LogP contribution is -2.39. The number of anilines is 1. The van der Waals surface area contributed by atoms with Crippen molar-refractivity contribution < 1.29 is 14.3 Å². The first-order valence-corrected chi connectivity index (χ1v) is 11.2. The number of pyridine rings is 1. The summed E-state index contributed by atoms with van der Waals surface area (Å²) in [4.78, 5) is 35.3. The molecule has 0 saturated heterocycles. The van der Waals surface area contributed by atoms with Gasteiger partial charge in [0.25, 0.3) is 5.91 Å². The monoisotopic (exact) mass is 481 g/mol. The number of Topliss-reactive ketones (excluding diaryl/α,β-unsaturated/α-hetero) is 1. The van der Waals surface area contributed by atoms with Gasteiger partial charge >= 0.3 is 0 Å². The van der Waals surface area contributed by atoms with Crippen molar-refractivity contribution in [1.82, 2.24) is 4.98 Å². The summed E-state index contributed by atoms with van der Waals surface area (Å²) in [5.74, 6) is 0.275. The van der Waals surface area contributed by atoms with Crippen LogP contribution in [0.25, 0.3) is 0 Å². The van der Waals surface area contributed by atoms with Gasteiger partial charge in [0.2, 0.25) is 0 Å². The Morgan fingerprint density at radius 2 is 1.94 bits per heavy atom. The molecule has 1 aliphatic heterocycles. The Morgan fingerprint density at radius 3 is 2.61 bits per heavy atom. The van der Waals surface area contributed by atoms with E-state index in [1.54, 1.807) is 12.3 Å². The molecule has 7 heteroatoms. The summed E-state index contributed by atoms with van der Waals surface area (Å²) in [7, 11) is 0. The fraction of sp³-hybridized carbons (Fsp3) is 0.333. The van der Waals surface area contributed by atoms with E-state index in [1.165, 1.54) is 0 Å². The largest absolute Gasteiger partial charge is 0.494 e. The molecular weight excluding hydrogens is 458 g/mol. The molecule has 1 amide bonds. The third-order valence-electron chi connectivity index (χ3n) is 5.67. The molecule has 1 fully saturated rings. The van der Waals surface area contributed by atoms with Gasteiger partial charge in [-0.25, -0.2) is 4.98 Å². The summed E-state index contributed by atoms with van der Waals surface area (Å²) in [5.41, 5.74) is 2.95. The molecule has 0 radical (unpaired) electrons. The van der Waals surface area contributed by atoms with Gasteiger partial charge in [-0.1, -0.05) is 12.1 Å². The number of carbonyl (C=O) groups excluding carboxylic acids is 2. The average Bonchev–Trinajstić information content (AvgIpc) is 2.75.